The molecular formula is O3Pr2. The summed E-state index contributed by atoms with van der Waals surface area (Å²) in [5.74, 6) is 0. The van der Waals surface area contributed by atoms with Gasteiger partial charge in [-0.15, -0.1) is 0 Å². The first kappa shape index (κ1) is 10.3. The molecule has 0 radical (unpaired) electrons. The molecule has 0 spiro atoms. The van der Waals surface area contributed by atoms with Crippen LogP contribution in [0.1, 0.15) is 0 Å². The molecule has 0 aromatic heterocycles. The minimum absolute atomic E-state index is 0.0833. The van der Waals surface area contributed by atoms with Crippen LogP contribution in [0.4, 0.5) is 0 Å². The Labute approximate surface area is 78.3 Å². The molecule has 5 heavy (non-hydrogen) atoms. The molecular weight excluding hydrogens is 330 g/mol. The van der Waals surface area contributed by atoms with Gasteiger partial charge in [0, 0.05) is 0 Å². The molecule has 0 aromatic carbocycles. The Morgan fingerprint density at radius 1 is 1.60 bits per heavy atom. The summed E-state index contributed by atoms with van der Waals surface area (Å²) in [5.41, 5.74) is 0. The van der Waals surface area contributed by atoms with Crippen molar-refractivity contribution in [3.63, 3.8) is 0 Å². The molecule has 0 saturated carbocycles. The van der Waals surface area contributed by atoms with Crippen molar-refractivity contribution in [1.82, 2.24) is 0 Å². The number of hydrogen-bond donors (Lipinski definition) is 0. The Morgan fingerprint density at radius 2 is 1.60 bits per heavy atom. The summed E-state index contributed by atoms with van der Waals surface area (Å²) < 4.78 is 25.6. The topological polar surface area (TPSA) is 57.2 Å². The van der Waals surface area contributed by atoms with Crippen molar-refractivity contribution >= 4 is 0 Å². The Bertz CT molecular complexity index is 18.9. The molecule has 0 saturated heterocycles. The third-order valence-corrected chi connectivity index (χ3v) is 0. The molecule has 0 atom stereocenters. The molecule has 24 valence electrons. The van der Waals surface area contributed by atoms with Gasteiger partial charge in [-0.05, 0) is 0 Å². The van der Waals surface area contributed by atoms with E-state index in [1.807, 2.05) is 0 Å². The van der Waals surface area contributed by atoms with E-state index in [0.717, 1.165) is 0 Å². The van der Waals surface area contributed by atoms with E-state index < -0.39 is 37.8 Å². The predicted molar refractivity (Wildman–Crippen MR) is 1.37 cm³/mol. The van der Waals surface area contributed by atoms with Gasteiger partial charge in [-0.3, -0.25) is 0 Å². The van der Waals surface area contributed by atoms with Crippen molar-refractivity contribution in [2.45, 2.75) is 0 Å². The molecule has 0 aromatic rings. The van der Waals surface area contributed by atoms with Crippen molar-refractivity contribution in [2.75, 3.05) is 0 Å². The monoisotopic (exact) mass is 330 g/mol. The average Bonchev–Trinajstić information content (AvgIpc) is 1.46. The van der Waals surface area contributed by atoms with Gasteiger partial charge in [0.15, 0.2) is 0 Å². The van der Waals surface area contributed by atoms with Crippen molar-refractivity contribution in [3.05, 3.63) is 0 Å². The standard InChI is InChI=1S/3O.2Pr/q;;-1;;+1. The third kappa shape index (κ3) is 22.1. The van der Waals surface area contributed by atoms with Gasteiger partial charge in [-0.2, -0.15) is 0 Å². The molecule has 0 fully saturated rings. The van der Waals surface area contributed by atoms with Gasteiger partial charge in [-0.1, -0.05) is 0 Å². The average molecular weight is 330 g/mol. The SMILES string of the molecule is [O]=[Pr+].[O]=[Pr][O-]. The summed E-state index contributed by atoms with van der Waals surface area (Å²) in [6, 6.07) is 0. The van der Waals surface area contributed by atoms with Crippen LogP contribution in [0.5, 0.6) is 0 Å². The van der Waals surface area contributed by atoms with Crippen LogP contribution in [0.3, 0.4) is 0 Å². The van der Waals surface area contributed by atoms with Crippen LogP contribution in [0.15, 0.2) is 0 Å². The zero-order chi connectivity index (χ0) is 4.71. The van der Waals surface area contributed by atoms with E-state index in [4.69, 9.17) is 3.37 Å². The summed E-state index contributed by atoms with van der Waals surface area (Å²) in [7, 11) is 0. The number of rotatable bonds is 0. The Morgan fingerprint density at radius 3 is 1.60 bits per heavy atom. The summed E-state index contributed by atoms with van der Waals surface area (Å²) in [5, 5.41) is 0. The van der Waals surface area contributed by atoms with E-state index in [0.29, 0.717) is 0 Å². The third-order valence-electron chi connectivity index (χ3n) is 0. The molecule has 5 heteroatoms. The Hall–Kier alpha value is 2.29. The second-order valence-corrected chi connectivity index (χ2v) is 0.714. The van der Waals surface area contributed by atoms with Gasteiger partial charge in [-0.25, -0.2) is 0 Å². The van der Waals surface area contributed by atoms with Crippen LogP contribution in [0.25, 0.3) is 0 Å². The second-order valence-electron chi connectivity index (χ2n) is 0.0962. The van der Waals surface area contributed by atoms with Crippen LogP contribution in [0.2, 0.25) is 0 Å². The predicted octanol–water partition coefficient (Wildman–Crippen LogP) is -1.43. The normalized spacial score (nSPS) is 3.00. The van der Waals surface area contributed by atoms with Crippen molar-refractivity contribution in [2.24, 2.45) is 0 Å². The first-order valence-corrected chi connectivity index (χ1v) is 5.24. The first-order valence-electron chi connectivity index (χ1n) is 0.707. The molecule has 0 aliphatic rings. The maximum absolute atomic E-state index is 8.58. The second kappa shape index (κ2) is 16.3. The van der Waals surface area contributed by atoms with Crippen molar-refractivity contribution in [3.8, 4) is 0 Å². The van der Waals surface area contributed by atoms with E-state index in [2.05, 4.69) is 0 Å². The van der Waals surface area contributed by atoms with Crippen LogP contribution < -0.4 is 1.38 Å². The molecule has 0 aliphatic carbocycles. The van der Waals surface area contributed by atoms with Crippen LogP contribution in [-0.4, -0.2) is 0 Å². The van der Waals surface area contributed by atoms with E-state index in [-0.39, 0.29) is 39.3 Å². The molecule has 0 N–H and O–H groups in total. The summed E-state index contributed by atoms with van der Waals surface area (Å²) in [4.78, 5) is 0. The number of hydrogen-bond acceptors (Lipinski definition) is 3. The van der Waals surface area contributed by atoms with Gasteiger partial charge >= 0.3 is 80.5 Å². The van der Waals surface area contributed by atoms with Gasteiger partial charge in [0.1, 0.15) is 0 Å². The molecule has 0 amide bonds. The molecule has 0 unspecified atom stereocenters. The summed E-state index contributed by atoms with van der Waals surface area (Å²) >= 11 is -2.58. The zero-order valence-corrected chi connectivity index (χ0v) is 9.79. The van der Waals surface area contributed by atoms with E-state index in [1.54, 1.807) is 0 Å². The van der Waals surface area contributed by atoms with Crippen molar-refractivity contribution in [1.29, 1.82) is 0 Å². The van der Waals surface area contributed by atoms with Gasteiger partial charge in [0.25, 0.3) is 0 Å². The van der Waals surface area contributed by atoms with Gasteiger partial charge < -0.3 is 0 Å². The molecule has 0 aliphatic heterocycles. The summed E-state index contributed by atoms with van der Waals surface area (Å²) in [6.45, 7) is 0. The van der Waals surface area contributed by atoms with Gasteiger partial charge in [0.2, 0.25) is 0 Å². The van der Waals surface area contributed by atoms with Gasteiger partial charge in [0.05, 0.1) is 0 Å². The molecule has 0 rings (SSSR count). The maximum atomic E-state index is 8.58. The Kier molecular flexibility index (Phi) is 33.5. The Balaban J connectivity index is 0. The molecule has 0 heterocycles. The van der Waals surface area contributed by atoms with Crippen molar-refractivity contribution < 1.29 is 80.5 Å². The fraction of sp³-hybridized carbons (Fsp3) is 0. The van der Waals surface area contributed by atoms with Crippen LogP contribution in [0, 0.1) is 77.2 Å². The van der Waals surface area contributed by atoms with E-state index in [1.165, 1.54) is 0 Å². The van der Waals surface area contributed by atoms with Crippen LogP contribution >= 0.6 is 0 Å². The van der Waals surface area contributed by atoms with E-state index >= 15 is 0 Å². The minimum atomic E-state index is -2.50. The van der Waals surface area contributed by atoms with E-state index in [9.17, 15) is 0 Å². The zero-order valence-electron chi connectivity index (χ0n) is 2.38. The first-order chi connectivity index (χ1) is 2.41. The molecule has 0 bridgehead atoms. The molecule has 3 nitrogen and oxygen atoms in total. The quantitative estimate of drug-likeness (QED) is 0.548. The summed E-state index contributed by atoms with van der Waals surface area (Å²) in [6.07, 6.45) is 0. The van der Waals surface area contributed by atoms with Crippen LogP contribution in [-0.2, 0) is 1.99 Å². The fourth-order valence-electron chi connectivity index (χ4n) is 0. The fourth-order valence-corrected chi connectivity index (χ4v) is 0.